The summed E-state index contributed by atoms with van der Waals surface area (Å²) < 4.78 is 5.07. The minimum Gasteiger partial charge on any atom is -0.452 e. The number of pyridine rings is 2. The third-order valence-electron chi connectivity index (χ3n) is 4.81. The number of fused-ring (bicyclic) bond motifs is 1. The van der Waals surface area contributed by atoms with E-state index in [1.165, 1.54) is 6.92 Å². The lowest BCUT2D eigenvalue weighted by molar-refractivity contribution is -0.152. The Kier molecular flexibility index (Phi) is 9.36. The summed E-state index contributed by atoms with van der Waals surface area (Å²) in [5.41, 5.74) is 0.385. The lowest BCUT2D eigenvalue weighted by atomic mass is 9.98. The van der Waals surface area contributed by atoms with Crippen LogP contribution < -0.4 is 10.6 Å². The van der Waals surface area contributed by atoms with Crippen LogP contribution in [0.3, 0.4) is 0 Å². The van der Waals surface area contributed by atoms with Crippen molar-refractivity contribution in [3.8, 4) is 0 Å². The van der Waals surface area contributed by atoms with Crippen LogP contribution in [-0.2, 0) is 19.1 Å². The van der Waals surface area contributed by atoms with Gasteiger partial charge in [-0.25, -0.2) is 9.97 Å². The van der Waals surface area contributed by atoms with Gasteiger partial charge in [-0.2, -0.15) is 0 Å². The fourth-order valence-corrected chi connectivity index (χ4v) is 2.99. The van der Waals surface area contributed by atoms with E-state index in [-0.39, 0.29) is 17.6 Å². The van der Waals surface area contributed by atoms with E-state index in [1.807, 2.05) is 13.0 Å². The number of nitrogens with one attached hydrogen (secondary N) is 2. The molecule has 2 N–H and O–H groups in total. The van der Waals surface area contributed by atoms with Gasteiger partial charge in [-0.05, 0) is 51.0 Å². The largest absolute Gasteiger partial charge is 0.452 e. The van der Waals surface area contributed by atoms with Crippen LogP contribution in [0.2, 0.25) is 0 Å². The highest BCUT2D eigenvalue weighted by atomic mass is 79.9. The Morgan fingerprint density at radius 3 is 2.10 bits per heavy atom. The Bertz CT molecular complexity index is 935. The second kappa shape index (κ2) is 11.7. The predicted octanol–water partition coefficient (Wildman–Crippen LogP) is 4.44. The van der Waals surface area contributed by atoms with Gasteiger partial charge in [0.15, 0.2) is 11.8 Å². The Balaban J connectivity index is 2.10. The first-order valence-corrected chi connectivity index (χ1v) is 11.4. The number of hydrogen-bond acceptors (Lipinski definition) is 6. The summed E-state index contributed by atoms with van der Waals surface area (Å²) in [6, 6.07) is 6.95. The highest BCUT2D eigenvalue weighted by molar-refractivity contribution is 9.10. The van der Waals surface area contributed by atoms with E-state index >= 15 is 0 Å². The monoisotopic (exact) mass is 492 g/mol. The maximum atomic E-state index is 12.5. The number of anilines is 2. The molecule has 2 rings (SSSR count). The van der Waals surface area contributed by atoms with E-state index in [2.05, 4.69) is 43.5 Å². The molecule has 3 atom stereocenters. The molecule has 0 bridgehead atoms. The van der Waals surface area contributed by atoms with Crippen LogP contribution in [0, 0.1) is 5.92 Å². The van der Waals surface area contributed by atoms with Crippen molar-refractivity contribution in [2.24, 2.45) is 5.92 Å². The number of ether oxygens (including phenoxy) is 1. The standard InChI is InChI=1S/C22H29BrN4O4/c1-5-7-8-15(6-2)21(29)27-18-12-10-16-9-11-17(24-19(16)25-18)26-20(28)14(4)31-22(30)13(3)23/h9-15H,5-8H2,1-4H3,(H2,24,25,26,27,28,29). The van der Waals surface area contributed by atoms with Gasteiger partial charge >= 0.3 is 5.97 Å². The van der Waals surface area contributed by atoms with Crippen molar-refractivity contribution in [3.05, 3.63) is 24.3 Å². The molecule has 3 unspecified atom stereocenters. The number of aromatic nitrogens is 2. The molecule has 0 aliphatic heterocycles. The van der Waals surface area contributed by atoms with E-state index in [1.54, 1.807) is 25.1 Å². The number of nitrogens with zero attached hydrogens (tertiary/aromatic N) is 2. The van der Waals surface area contributed by atoms with Crippen molar-refractivity contribution in [1.82, 2.24) is 9.97 Å². The number of unbranched alkanes of at least 4 members (excludes halogenated alkanes) is 1. The zero-order valence-corrected chi connectivity index (χ0v) is 19.9. The number of carbonyl (C=O) groups is 3. The smallest absolute Gasteiger partial charge is 0.320 e. The maximum Gasteiger partial charge on any atom is 0.320 e. The molecule has 0 aromatic carbocycles. The minimum absolute atomic E-state index is 0.0519. The highest BCUT2D eigenvalue weighted by Crippen LogP contribution is 2.19. The zero-order chi connectivity index (χ0) is 23.0. The molecule has 0 aliphatic carbocycles. The fourth-order valence-electron chi connectivity index (χ4n) is 2.89. The molecule has 0 radical (unpaired) electrons. The number of hydrogen-bond donors (Lipinski definition) is 2. The lowest BCUT2D eigenvalue weighted by Crippen LogP contribution is -2.32. The summed E-state index contributed by atoms with van der Waals surface area (Å²) in [7, 11) is 0. The van der Waals surface area contributed by atoms with E-state index in [4.69, 9.17) is 4.74 Å². The number of halogens is 1. The molecular weight excluding hydrogens is 464 g/mol. The molecule has 2 aromatic rings. The first kappa shape index (κ1) is 24.7. The predicted molar refractivity (Wildman–Crippen MR) is 124 cm³/mol. The highest BCUT2D eigenvalue weighted by Gasteiger charge is 2.21. The summed E-state index contributed by atoms with van der Waals surface area (Å²) in [6.07, 6.45) is 2.69. The first-order chi connectivity index (χ1) is 14.7. The molecule has 0 saturated heterocycles. The van der Waals surface area contributed by atoms with Crippen LogP contribution in [0.5, 0.6) is 0 Å². The molecule has 2 aromatic heterocycles. The van der Waals surface area contributed by atoms with Gasteiger partial charge in [0.25, 0.3) is 5.91 Å². The van der Waals surface area contributed by atoms with E-state index in [9.17, 15) is 14.4 Å². The van der Waals surface area contributed by atoms with Gasteiger partial charge in [-0.3, -0.25) is 14.4 Å². The second-order valence-corrected chi connectivity index (χ2v) is 8.73. The van der Waals surface area contributed by atoms with Crippen molar-refractivity contribution >= 4 is 56.4 Å². The number of esters is 1. The van der Waals surface area contributed by atoms with Gasteiger partial charge in [0.1, 0.15) is 16.5 Å². The Hall–Kier alpha value is -2.55. The molecule has 168 valence electrons. The number of carbonyl (C=O) groups excluding carboxylic acids is 3. The Morgan fingerprint density at radius 1 is 1.00 bits per heavy atom. The molecule has 31 heavy (non-hydrogen) atoms. The molecule has 0 saturated carbocycles. The minimum atomic E-state index is -0.974. The molecule has 9 heteroatoms. The van der Waals surface area contributed by atoms with Gasteiger partial charge in [-0.15, -0.1) is 0 Å². The zero-order valence-electron chi connectivity index (χ0n) is 18.3. The summed E-state index contributed by atoms with van der Waals surface area (Å²) in [5.74, 6) is -0.443. The normalized spacial score (nSPS) is 13.8. The molecule has 0 spiro atoms. The van der Waals surface area contributed by atoms with Gasteiger partial charge in [0, 0.05) is 11.3 Å². The van der Waals surface area contributed by atoms with Crippen LogP contribution in [0.1, 0.15) is 53.4 Å². The van der Waals surface area contributed by atoms with E-state index in [0.29, 0.717) is 11.5 Å². The third-order valence-corrected chi connectivity index (χ3v) is 5.19. The third kappa shape index (κ3) is 7.27. The van der Waals surface area contributed by atoms with E-state index in [0.717, 1.165) is 31.1 Å². The average molecular weight is 493 g/mol. The van der Waals surface area contributed by atoms with Gasteiger partial charge in [-0.1, -0.05) is 42.6 Å². The fraction of sp³-hybridized carbons (Fsp3) is 0.500. The molecular formula is C22H29BrN4O4. The summed E-state index contributed by atoms with van der Waals surface area (Å²) >= 11 is 3.10. The molecule has 0 fully saturated rings. The summed E-state index contributed by atoms with van der Waals surface area (Å²) in [5, 5.41) is 6.25. The molecule has 2 amide bonds. The lowest BCUT2D eigenvalue weighted by Gasteiger charge is -2.15. The van der Waals surface area contributed by atoms with Crippen LogP contribution >= 0.6 is 15.9 Å². The maximum absolute atomic E-state index is 12.5. The molecule has 0 aliphatic rings. The topological polar surface area (TPSA) is 110 Å². The van der Waals surface area contributed by atoms with Crippen LogP contribution in [0.25, 0.3) is 11.0 Å². The van der Waals surface area contributed by atoms with Crippen LogP contribution in [-0.4, -0.2) is 38.7 Å². The summed E-state index contributed by atoms with van der Waals surface area (Å²) in [6.45, 7) is 7.20. The van der Waals surface area contributed by atoms with Crippen molar-refractivity contribution in [2.75, 3.05) is 10.6 Å². The van der Waals surface area contributed by atoms with Gasteiger partial charge in [0.2, 0.25) is 5.91 Å². The van der Waals surface area contributed by atoms with Crippen molar-refractivity contribution in [3.63, 3.8) is 0 Å². The molecule has 2 heterocycles. The van der Waals surface area contributed by atoms with Crippen LogP contribution in [0.15, 0.2) is 24.3 Å². The average Bonchev–Trinajstić information content (AvgIpc) is 2.73. The van der Waals surface area contributed by atoms with Crippen LogP contribution in [0.4, 0.5) is 11.6 Å². The number of amides is 2. The number of rotatable bonds is 10. The first-order valence-electron chi connectivity index (χ1n) is 10.5. The SMILES string of the molecule is CCCCC(CC)C(=O)Nc1ccc2ccc(NC(=O)C(C)OC(=O)C(C)Br)nc2n1. The second-order valence-electron chi connectivity index (χ2n) is 7.36. The Labute approximate surface area is 190 Å². The van der Waals surface area contributed by atoms with E-state index < -0.39 is 22.8 Å². The van der Waals surface area contributed by atoms with Gasteiger partial charge < -0.3 is 15.4 Å². The van der Waals surface area contributed by atoms with Crippen molar-refractivity contribution in [1.29, 1.82) is 0 Å². The summed E-state index contributed by atoms with van der Waals surface area (Å²) in [4.78, 5) is 44.7. The van der Waals surface area contributed by atoms with Crippen molar-refractivity contribution < 1.29 is 19.1 Å². The van der Waals surface area contributed by atoms with Gasteiger partial charge in [0.05, 0.1) is 0 Å². The quantitative estimate of drug-likeness (QED) is 0.374. The molecule has 8 nitrogen and oxygen atoms in total. The Morgan fingerprint density at radius 2 is 1.58 bits per heavy atom. The van der Waals surface area contributed by atoms with Crippen molar-refractivity contribution in [2.45, 2.75) is 64.3 Å². The number of alkyl halides is 1.